The van der Waals surface area contributed by atoms with Crippen LogP contribution in [0, 0.1) is 12.7 Å². The lowest BCUT2D eigenvalue weighted by Gasteiger charge is -2.18. The van der Waals surface area contributed by atoms with E-state index in [1.807, 2.05) is 0 Å². The minimum absolute atomic E-state index is 0.238. The maximum absolute atomic E-state index is 13.2. The van der Waals surface area contributed by atoms with E-state index in [0.717, 1.165) is 0 Å². The van der Waals surface area contributed by atoms with Crippen LogP contribution in [0.4, 0.5) is 4.39 Å². The molecule has 0 fully saturated rings. The van der Waals surface area contributed by atoms with Crippen LogP contribution in [-0.4, -0.2) is 20.6 Å². The zero-order valence-electron chi connectivity index (χ0n) is 16.7. The molecular weight excluding hydrogens is 421 g/mol. The molecule has 8 heteroatoms. The van der Waals surface area contributed by atoms with Crippen molar-refractivity contribution >= 4 is 23.6 Å². The van der Waals surface area contributed by atoms with Crippen molar-refractivity contribution in [1.82, 2.24) is 14.7 Å². The number of aryl methyl sites for hydroxylation is 1. The predicted molar refractivity (Wildman–Crippen MR) is 114 cm³/mol. The molecule has 0 unspecified atom stereocenters. The summed E-state index contributed by atoms with van der Waals surface area (Å²) >= 11 is 6.50. The zero-order valence-corrected chi connectivity index (χ0v) is 17.4. The zero-order chi connectivity index (χ0) is 21.8. The van der Waals surface area contributed by atoms with Crippen LogP contribution in [0.3, 0.4) is 0 Å². The number of furan rings is 2. The van der Waals surface area contributed by atoms with Gasteiger partial charge in [-0.2, -0.15) is 5.10 Å². The highest BCUT2D eigenvalue weighted by atomic mass is 35.5. The van der Waals surface area contributed by atoms with E-state index in [1.54, 1.807) is 66.8 Å². The van der Waals surface area contributed by atoms with Crippen molar-refractivity contribution in [2.75, 3.05) is 0 Å². The first-order valence-corrected chi connectivity index (χ1v) is 9.92. The van der Waals surface area contributed by atoms with Crippen LogP contribution in [0.15, 0.2) is 76.0 Å². The van der Waals surface area contributed by atoms with Crippen molar-refractivity contribution in [3.05, 3.63) is 101 Å². The monoisotopic (exact) mass is 439 g/mol. The number of halogens is 2. The molecule has 3 heterocycles. The highest BCUT2D eigenvalue weighted by Crippen LogP contribution is 2.25. The van der Waals surface area contributed by atoms with Gasteiger partial charge in [0.25, 0.3) is 0 Å². The number of rotatable bonds is 7. The largest absolute Gasteiger partial charge is 0.467 e. The third-order valence-electron chi connectivity index (χ3n) is 4.68. The molecule has 1 aromatic carbocycles. The standard InChI is InChI=1S/C23H19ClFN3O3/c1-16-21(23(24)28(26-16)18-8-6-17(25)7-9-18)10-11-22(29)27(14-19-4-2-12-30-19)15-20-5-3-13-31-20/h2-13H,14-15H2,1H3. The Morgan fingerprint density at radius 1 is 1.10 bits per heavy atom. The van der Waals surface area contributed by atoms with Gasteiger partial charge in [-0.25, -0.2) is 9.07 Å². The van der Waals surface area contributed by atoms with E-state index >= 15 is 0 Å². The molecule has 4 rings (SSSR count). The van der Waals surface area contributed by atoms with Crippen molar-refractivity contribution in [1.29, 1.82) is 0 Å². The summed E-state index contributed by atoms with van der Waals surface area (Å²) in [5.41, 5.74) is 1.87. The number of amides is 1. The number of hydrogen-bond donors (Lipinski definition) is 0. The minimum atomic E-state index is -0.345. The van der Waals surface area contributed by atoms with Crippen LogP contribution in [0.25, 0.3) is 11.8 Å². The number of carbonyl (C=O) groups excluding carboxylic acids is 1. The van der Waals surface area contributed by atoms with Crippen LogP contribution in [-0.2, 0) is 17.9 Å². The second kappa shape index (κ2) is 9.06. The van der Waals surface area contributed by atoms with Crippen molar-refractivity contribution in [2.24, 2.45) is 0 Å². The van der Waals surface area contributed by atoms with E-state index in [4.69, 9.17) is 20.4 Å². The van der Waals surface area contributed by atoms with Gasteiger partial charge in [-0.1, -0.05) is 11.6 Å². The highest BCUT2D eigenvalue weighted by molar-refractivity contribution is 6.31. The lowest BCUT2D eigenvalue weighted by molar-refractivity contribution is -0.127. The average Bonchev–Trinajstić information content (AvgIpc) is 3.50. The van der Waals surface area contributed by atoms with Crippen LogP contribution in [0.1, 0.15) is 22.8 Å². The molecule has 1 amide bonds. The van der Waals surface area contributed by atoms with Gasteiger partial charge in [-0.05, 0) is 61.5 Å². The maximum Gasteiger partial charge on any atom is 0.247 e. The van der Waals surface area contributed by atoms with E-state index in [1.165, 1.54) is 22.9 Å². The summed E-state index contributed by atoms with van der Waals surface area (Å²) in [6.07, 6.45) is 6.20. The third-order valence-corrected chi connectivity index (χ3v) is 5.04. The van der Waals surface area contributed by atoms with Gasteiger partial charge >= 0.3 is 0 Å². The van der Waals surface area contributed by atoms with Crippen molar-refractivity contribution in [3.8, 4) is 5.69 Å². The van der Waals surface area contributed by atoms with Gasteiger partial charge in [-0.15, -0.1) is 0 Å². The number of nitrogens with zero attached hydrogens (tertiary/aromatic N) is 3. The molecule has 0 N–H and O–H groups in total. The average molecular weight is 440 g/mol. The van der Waals surface area contributed by atoms with Crippen molar-refractivity contribution in [3.63, 3.8) is 0 Å². The Morgan fingerprint density at radius 3 is 2.26 bits per heavy atom. The Hall–Kier alpha value is -3.58. The predicted octanol–water partition coefficient (Wildman–Crippen LogP) is 5.40. The van der Waals surface area contributed by atoms with E-state index in [0.29, 0.717) is 46.7 Å². The Bertz CT molecular complexity index is 1140. The Labute approximate surface area is 183 Å². The normalized spacial score (nSPS) is 11.3. The highest BCUT2D eigenvalue weighted by Gasteiger charge is 2.17. The fourth-order valence-corrected chi connectivity index (χ4v) is 3.44. The first kappa shape index (κ1) is 20.7. The molecular formula is C23H19ClFN3O3. The van der Waals surface area contributed by atoms with Crippen molar-refractivity contribution in [2.45, 2.75) is 20.0 Å². The molecule has 0 aliphatic carbocycles. The summed E-state index contributed by atoms with van der Waals surface area (Å²) in [5, 5.41) is 4.74. The summed E-state index contributed by atoms with van der Waals surface area (Å²) in [5.74, 6) is 0.735. The summed E-state index contributed by atoms with van der Waals surface area (Å²) in [6.45, 7) is 2.37. The minimum Gasteiger partial charge on any atom is -0.467 e. The molecule has 0 saturated heterocycles. The van der Waals surface area contributed by atoms with Crippen LogP contribution in [0.2, 0.25) is 5.15 Å². The van der Waals surface area contributed by atoms with Gasteiger partial charge < -0.3 is 13.7 Å². The molecule has 4 aromatic rings. The summed E-state index contributed by atoms with van der Waals surface area (Å²) in [4.78, 5) is 14.5. The number of hydrogen-bond acceptors (Lipinski definition) is 4. The van der Waals surface area contributed by atoms with E-state index in [2.05, 4.69) is 5.10 Å². The lowest BCUT2D eigenvalue weighted by Crippen LogP contribution is -2.28. The van der Waals surface area contributed by atoms with E-state index in [9.17, 15) is 9.18 Å². The Balaban J connectivity index is 1.56. The topological polar surface area (TPSA) is 64.4 Å². The Kier molecular flexibility index (Phi) is 6.04. The number of carbonyl (C=O) groups is 1. The van der Waals surface area contributed by atoms with Crippen LogP contribution < -0.4 is 0 Å². The van der Waals surface area contributed by atoms with Gasteiger partial charge in [-0.3, -0.25) is 4.79 Å². The molecule has 158 valence electrons. The molecule has 3 aromatic heterocycles. The fourth-order valence-electron chi connectivity index (χ4n) is 3.11. The molecule has 0 radical (unpaired) electrons. The summed E-state index contributed by atoms with van der Waals surface area (Å²) < 4.78 is 25.5. The van der Waals surface area contributed by atoms with Gasteiger partial charge in [0, 0.05) is 11.6 Å². The second-order valence-corrected chi connectivity index (χ2v) is 7.22. The summed E-state index contributed by atoms with van der Waals surface area (Å²) in [6, 6.07) is 13.0. The van der Waals surface area contributed by atoms with Gasteiger partial charge in [0.15, 0.2) is 0 Å². The molecule has 0 spiro atoms. The van der Waals surface area contributed by atoms with Crippen molar-refractivity contribution < 1.29 is 18.0 Å². The number of benzene rings is 1. The molecule has 0 bridgehead atoms. The fraction of sp³-hybridized carbons (Fsp3) is 0.130. The van der Waals surface area contributed by atoms with Gasteiger partial charge in [0.05, 0.1) is 37.0 Å². The molecule has 0 atom stereocenters. The third kappa shape index (κ3) is 4.78. The SMILES string of the molecule is Cc1nn(-c2ccc(F)cc2)c(Cl)c1C=CC(=O)N(Cc1ccco1)Cc1ccco1. The maximum atomic E-state index is 13.2. The van der Waals surface area contributed by atoms with Crippen LogP contribution >= 0.6 is 11.6 Å². The number of aromatic nitrogens is 2. The van der Waals surface area contributed by atoms with Gasteiger partial charge in [0.1, 0.15) is 22.5 Å². The Morgan fingerprint density at radius 2 is 1.71 bits per heavy atom. The van der Waals surface area contributed by atoms with E-state index in [-0.39, 0.29) is 11.7 Å². The molecule has 6 nitrogen and oxygen atoms in total. The second-order valence-electron chi connectivity index (χ2n) is 6.86. The van der Waals surface area contributed by atoms with Crippen LogP contribution in [0.5, 0.6) is 0 Å². The first-order chi connectivity index (χ1) is 15.0. The first-order valence-electron chi connectivity index (χ1n) is 9.54. The molecule has 31 heavy (non-hydrogen) atoms. The van der Waals surface area contributed by atoms with E-state index < -0.39 is 0 Å². The lowest BCUT2D eigenvalue weighted by atomic mass is 10.2. The quantitative estimate of drug-likeness (QED) is 0.361. The molecule has 0 saturated carbocycles. The molecule has 0 aliphatic heterocycles. The van der Waals surface area contributed by atoms with Gasteiger partial charge in [0.2, 0.25) is 5.91 Å². The summed E-state index contributed by atoms with van der Waals surface area (Å²) in [7, 11) is 0. The molecule has 0 aliphatic rings. The smallest absolute Gasteiger partial charge is 0.247 e.